The van der Waals surface area contributed by atoms with Crippen molar-refractivity contribution in [3.63, 3.8) is 0 Å². The summed E-state index contributed by atoms with van der Waals surface area (Å²) in [6, 6.07) is 17.2. The van der Waals surface area contributed by atoms with Gasteiger partial charge >= 0.3 is 0 Å². The minimum absolute atomic E-state index is 0.417. The first-order chi connectivity index (χ1) is 9.33. The summed E-state index contributed by atoms with van der Waals surface area (Å²) >= 11 is 5.93. The normalized spacial score (nSPS) is 18.5. The molecule has 19 heavy (non-hydrogen) atoms. The molecule has 0 saturated carbocycles. The summed E-state index contributed by atoms with van der Waals surface area (Å²) in [5.74, 6) is 0. The maximum Gasteiger partial charge on any atom is 0.0516 e. The first kappa shape index (κ1) is 12.6. The van der Waals surface area contributed by atoms with Crippen molar-refractivity contribution in [3.05, 3.63) is 64.7 Å². The SMILES string of the molecule is Clc1ccc(NC2CCCCc3ccccc32)cc1. The molecule has 2 heteroatoms. The van der Waals surface area contributed by atoms with E-state index < -0.39 is 0 Å². The van der Waals surface area contributed by atoms with Gasteiger partial charge in [0.1, 0.15) is 0 Å². The van der Waals surface area contributed by atoms with Gasteiger partial charge in [0.15, 0.2) is 0 Å². The van der Waals surface area contributed by atoms with Gasteiger partial charge < -0.3 is 5.32 Å². The minimum Gasteiger partial charge on any atom is -0.378 e. The van der Waals surface area contributed by atoms with Gasteiger partial charge in [-0.2, -0.15) is 0 Å². The van der Waals surface area contributed by atoms with Crippen LogP contribution in [0.2, 0.25) is 5.02 Å². The lowest BCUT2D eigenvalue weighted by Gasteiger charge is -2.20. The van der Waals surface area contributed by atoms with Gasteiger partial charge in [-0.1, -0.05) is 42.3 Å². The lowest BCUT2D eigenvalue weighted by Crippen LogP contribution is -2.11. The molecule has 0 amide bonds. The molecule has 98 valence electrons. The summed E-state index contributed by atoms with van der Waals surface area (Å²) in [5.41, 5.74) is 4.09. The zero-order valence-corrected chi connectivity index (χ0v) is 11.7. The van der Waals surface area contributed by atoms with Crippen molar-refractivity contribution in [1.82, 2.24) is 0 Å². The summed E-state index contributed by atoms with van der Waals surface area (Å²) in [6.07, 6.45) is 4.96. The molecule has 1 unspecified atom stereocenters. The maximum absolute atomic E-state index is 5.93. The van der Waals surface area contributed by atoms with Crippen LogP contribution >= 0.6 is 11.6 Å². The lowest BCUT2D eigenvalue weighted by molar-refractivity contribution is 0.644. The van der Waals surface area contributed by atoms with Gasteiger partial charge in [-0.25, -0.2) is 0 Å². The molecule has 0 aliphatic heterocycles. The van der Waals surface area contributed by atoms with Crippen LogP contribution in [0.1, 0.15) is 36.4 Å². The van der Waals surface area contributed by atoms with E-state index in [2.05, 4.69) is 41.7 Å². The Morgan fingerprint density at radius 3 is 2.58 bits per heavy atom. The average Bonchev–Trinajstić information content (AvgIpc) is 2.64. The number of fused-ring (bicyclic) bond motifs is 1. The summed E-state index contributed by atoms with van der Waals surface area (Å²) in [4.78, 5) is 0. The van der Waals surface area contributed by atoms with Gasteiger partial charge in [0.05, 0.1) is 6.04 Å². The van der Waals surface area contributed by atoms with Gasteiger partial charge in [0.25, 0.3) is 0 Å². The van der Waals surface area contributed by atoms with Gasteiger partial charge in [-0.3, -0.25) is 0 Å². The van der Waals surface area contributed by atoms with Crippen molar-refractivity contribution >= 4 is 17.3 Å². The third kappa shape index (κ3) is 2.93. The fraction of sp³-hybridized carbons (Fsp3) is 0.294. The molecule has 1 nitrogen and oxygen atoms in total. The summed E-state index contributed by atoms with van der Waals surface area (Å²) in [7, 11) is 0. The Morgan fingerprint density at radius 2 is 1.74 bits per heavy atom. The molecule has 3 rings (SSSR count). The number of hydrogen-bond acceptors (Lipinski definition) is 1. The zero-order valence-electron chi connectivity index (χ0n) is 10.9. The van der Waals surface area contributed by atoms with Crippen molar-refractivity contribution in [1.29, 1.82) is 0 Å². The van der Waals surface area contributed by atoms with Crippen molar-refractivity contribution in [3.8, 4) is 0 Å². The van der Waals surface area contributed by atoms with Crippen LogP contribution < -0.4 is 5.32 Å². The summed E-state index contributed by atoms with van der Waals surface area (Å²) < 4.78 is 0. The number of rotatable bonds is 2. The van der Waals surface area contributed by atoms with Crippen LogP contribution in [0.5, 0.6) is 0 Å². The van der Waals surface area contributed by atoms with Crippen molar-refractivity contribution in [2.75, 3.05) is 5.32 Å². The van der Waals surface area contributed by atoms with Crippen LogP contribution in [-0.4, -0.2) is 0 Å². The molecule has 0 bridgehead atoms. The second-order valence-corrected chi connectivity index (χ2v) is 5.58. The molecule has 1 aliphatic carbocycles. The Kier molecular flexibility index (Phi) is 3.74. The fourth-order valence-corrected chi connectivity index (χ4v) is 2.94. The van der Waals surface area contributed by atoms with E-state index in [1.165, 1.54) is 36.8 Å². The fourth-order valence-electron chi connectivity index (χ4n) is 2.82. The van der Waals surface area contributed by atoms with Crippen LogP contribution in [0, 0.1) is 0 Å². The Labute approximate surface area is 119 Å². The number of halogens is 1. The smallest absolute Gasteiger partial charge is 0.0516 e. The second-order valence-electron chi connectivity index (χ2n) is 5.15. The van der Waals surface area contributed by atoms with E-state index in [0.29, 0.717) is 6.04 Å². The van der Waals surface area contributed by atoms with Gasteiger partial charge in [0, 0.05) is 10.7 Å². The molecule has 0 heterocycles. The highest BCUT2D eigenvalue weighted by atomic mass is 35.5. The van der Waals surface area contributed by atoms with Crippen LogP contribution in [0.4, 0.5) is 5.69 Å². The average molecular weight is 272 g/mol. The maximum atomic E-state index is 5.93. The first-order valence-corrected chi connectivity index (χ1v) is 7.30. The Hall–Kier alpha value is -1.47. The molecule has 2 aromatic rings. The predicted octanol–water partition coefficient (Wildman–Crippen LogP) is 5.22. The molecule has 1 aliphatic rings. The van der Waals surface area contributed by atoms with E-state index >= 15 is 0 Å². The highest BCUT2D eigenvalue weighted by molar-refractivity contribution is 6.30. The van der Waals surface area contributed by atoms with E-state index in [0.717, 1.165) is 10.7 Å². The van der Waals surface area contributed by atoms with Crippen LogP contribution in [0.3, 0.4) is 0 Å². The molecule has 0 fully saturated rings. The van der Waals surface area contributed by atoms with E-state index in [9.17, 15) is 0 Å². The third-order valence-electron chi connectivity index (χ3n) is 3.80. The quantitative estimate of drug-likeness (QED) is 0.739. The highest BCUT2D eigenvalue weighted by Crippen LogP contribution is 2.31. The Morgan fingerprint density at radius 1 is 0.947 bits per heavy atom. The van der Waals surface area contributed by atoms with Gasteiger partial charge in [0.2, 0.25) is 0 Å². The number of hydrogen-bond donors (Lipinski definition) is 1. The van der Waals surface area contributed by atoms with Crippen molar-refractivity contribution in [2.45, 2.75) is 31.7 Å². The largest absolute Gasteiger partial charge is 0.378 e. The minimum atomic E-state index is 0.417. The van der Waals surface area contributed by atoms with Crippen molar-refractivity contribution < 1.29 is 0 Å². The molecule has 0 aromatic heterocycles. The molecular weight excluding hydrogens is 254 g/mol. The second kappa shape index (κ2) is 5.66. The molecule has 1 N–H and O–H groups in total. The van der Waals surface area contributed by atoms with E-state index in [4.69, 9.17) is 11.6 Å². The molecule has 1 atom stereocenters. The van der Waals surface area contributed by atoms with E-state index in [-0.39, 0.29) is 0 Å². The molecule has 2 aromatic carbocycles. The van der Waals surface area contributed by atoms with Gasteiger partial charge in [-0.05, 0) is 54.7 Å². The topological polar surface area (TPSA) is 12.0 Å². The Bertz CT molecular complexity index is 547. The Balaban J connectivity index is 1.86. The summed E-state index contributed by atoms with van der Waals surface area (Å²) in [6.45, 7) is 0. The van der Waals surface area contributed by atoms with E-state index in [1.54, 1.807) is 0 Å². The number of anilines is 1. The first-order valence-electron chi connectivity index (χ1n) is 6.93. The number of nitrogens with one attached hydrogen (secondary N) is 1. The highest BCUT2D eigenvalue weighted by Gasteiger charge is 2.17. The monoisotopic (exact) mass is 271 g/mol. The summed E-state index contributed by atoms with van der Waals surface area (Å²) in [5, 5.41) is 4.43. The zero-order chi connectivity index (χ0) is 13.1. The van der Waals surface area contributed by atoms with Crippen LogP contribution in [0.25, 0.3) is 0 Å². The molecule has 0 spiro atoms. The van der Waals surface area contributed by atoms with Crippen LogP contribution in [-0.2, 0) is 6.42 Å². The third-order valence-corrected chi connectivity index (χ3v) is 4.06. The number of benzene rings is 2. The van der Waals surface area contributed by atoms with Crippen molar-refractivity contribution in [2.24, 2.45) is 0 Å². The van der Waals surface area contributed by atoms with E-state index in [1.807, 2.05) is 12.1 Å². The molecule has 0 saturated heterocycles. The molecule has 0 radical (unpaired) electrons. The lowest BCUT2D eigenvalue weighted by atomic mass is 9.99. The predicted molar refractivity (Wildman–Crippen MR) is 81.8 cm³/mol. The molecular formula is C17H18ClN. The van der Waals surface area contributed by atoms with Crippen LogP contribution in [0.15, 0.2) is 48.5 Å². The van der Waals surface area contributed by atoms with Gasteiger partial charge in [-0.15, -0.1) is 0 Å². The number of aryl methyl sites for hydroxylation is 1. The standard InChI is InChI=1S/C17H18ClN/c18-14-9-11-15(12-10-14)19-17-8-4-2-6-13-5-1-3-7-16(13)17/h1,3,5,7,9-12,17,19H,2,4,6,8H2.